The summed E-state index contributed by atoms with van der Waals surface area (Å²) < 4.78 is 79.6. The normalized spacial score (nSPS) is 14.9. The van der Waals surface area contributed by atoms with Crippen LogP contribution in [0.2, 0.25) is 0 Å². The van der Waals surface area contributed by atoms with Crippen molar-refractivity contribution in [2.24, 2.45) is 0 Å². The van der Waals surface area contributed by atoms with Crippen molar-refractivity contribution in [3.63, 3.8) is 0 Å². The summed E-state index contributed by atoms with van der Waals surface area (Å²) >= 11 is 0. The van der Waals surface area contributed by atoms with E-state index in [1.807, 2.05) is 0 Å². The second kappa shape index (κ2) is 9.62. The number of fused-ring (bicyclic) bond motifs is 1. The number of aromatic nitrogens is 3. The van der Waals surface area contributed by atoms with E-state index in [9.17, 15) is 26.3 Å². The number of halogens is 6. The van der Waals surface area contributed by atoms with Crippen LogP contribution in [0.5, 0.6) is 0 Å². The maximum atomic E-state index is 13.6. The van der Waals surface area contributed by atoms with Crippen LogP contribution in [-0.4, -0.2) is 32.9 Å². The molecule has 5 nitrogen and oxygen atoms in total. The number of hydrogen-bond donors (Lipinski definition) is 1. The summed E-state index contributed by atoms with van der Waals surface area (Å²) in [7, 11) is 0. The zero-order chi connectivity index (χ0) is 26.2. The van der Waals surface area contributed by atoms with Crippen molar-refractivity contribution in [1.29, 1.82) is 0 Å². The molecule has 5 rings (SSSR count). The van der Waals surface area contributed by atoms with Gasteiger partial charge in [0, 0.05) is 23.8 Å². The third kappa shape index (κ3) is 5.51. The lowest BCUT2D eigenvalue weighted by molar-refractivity contribution is -0.138. The molecule has 0 bridgehead atoms. The number of anilines is 2. The number of nitrogens with zero attached hydrogens (tertiary/aromatic N) is 4. The maximum Gasteiger partial charge on any atom is 0.418 e. The van der Waals surface area contributed by atoms with Gasteiger partial charge in [-0.3, -0.25) is 9.88 Å². The van der Waals surface area contributed by atoms with Crippen molar-refractivity contribution in [2.75, 3.05) is 18.4 Å². The van der Waals surface area contributed by atoms with Crippen LogP contribution >= 0.6 is 0 Å². The Labute approximate surface area is 208 Å². The van der Waals surface area contributed by atoms with Gasteiger partial charge in [0.2, 0.25) is 0 Å². The highest BCUT2D eigenvalue weighted by molar-refractivity contribution is 5.92. The van der Waals surface area contributed by atoms with E-state index in [0.29, 0.717) is 29.0 Å². The second-order valence-corrected chi connectivity index (χ2v) is 8.81. The molecule has 1 aliphatic rings. The number of hydrogen-bond acceptors (Lipinski definition) is 5. The van der Waals surface area contributed by atoms with Crippen molar-refractivity contribution in [2.45, 2.75) is 31.7 Å². The first-order valence-corrected chi connectivity index (χ1v) is 11.6. The first-order valence-electron chi connectivity index (χ1n) is 11.6. The third-order valence-electron chi connectivity index (χ3n) is 6.16. The topological polar surface area (TPSA) is 53.9 Å². The lowest BCUT2D eigenvalue weighted by atomic mass is 10.1. The molecule has 4 aromatic rings. The van der Waals surface area contributed by atoms with Gasteiger partial charge in [-0.1, -0.05) is 0 Å². The molecular formula is C26H21F6N5. The van der Waals surface area contributed by atoms with Crippen LogP contribution in [0.25, 0.3) is 22.4 Å². The van der Waals surface area contributed by atoms with Crippen molar-refractivity contribution in [3.05, 3.63) is 77.6 Å². The van der Waals surface area contributed by atoms with E-state index in [-0.39, 0.29) is 17.0 Å². The Morgan fingerprint density at radius 3 is 2.24 bits per heavy atom. The molecule has 192 valence electrons. The van der Waals surface area contributed by atoms with Gasteiger partial charge in [-0.05, 0) is 80.5 Å². The average Bonchev–Trinajstić information content (AvgIpc) is 3.36. The van der Waals surface area contributed by atoms with Crippen LogP contribution in [0.3, 0.4) is 0 Å². The van der Waals surface area contributed by atoms with Crippen molar-refractivity contribution < 1.29 is 26.3 Å². The fraction of sp³-hybridized carbons (Fsp3) is 0.269. The molecule has 1 fully saturated rings. The van der Waals surface area contributed by atoms with E-state index in [4.69, 9.17) is 0 Å². The number of nitrogens with one attached hydrogen (secondary N) is 1. The standard InChI is InChI=1S/C26H21F6N5/c27-25(28,29)16-5-7-17(8-6-16)34-22-14-18(15-37-12-1-2-13-37)35-24-19(22)9-10-21(36-24)23-20(26(30,31)32)4-3-11-33-23/h3-11,14H,1-2,12-13,15H2,(H,34,35,36). The van der Waals surface area contributed by atoms with Gasteiger partial charge in [-0.15, -0.1) is 0 Å². The third-order valence-corrected chi connectivity index (χ3v) is 6.16. The molecule has 1 aliphatic heterocycles. The number of alkyl halides is 6. The minimum absolute atomic E-state index is 0.0201. The summed E-state index contributed by atoms with van der Waals surface area (Å²) in [4.78, 5) is 15.2. The first-order chi connectivity index (χ1) is 17.6. The Hall–Kier alpha value is -3.73. The summed E-state index contributed by atoms with van der Waals surface area (Å²) in [5.41, 5.74) is -0.149. The van der Waals surface area contributed by atoms with Gasteiger partial charge in [0.05, 0.1) is 28.2 Å². The largest absolute Gasteiger partial charge is 0.418 e. The Kier molecular flexibility index (Phi) is 6.49. The monoisotopic (exact) mass is 517 g/mol. The zero-order valence-electron chi connectivity index (χ0n) is 19.4. The number of benzene rings is 1. The van der Waals surface area contributed by atoms with E-state index in [1.165, 1.54) is 30.5 Å². The average molecular weight is 517 g/mol. The molecule has 0 atom stereocenters. The summed E-state index contributed by atoms with van der Waals surface area (Å²) in [5.74, 6) is 0. The van der Waals surface area contributed by atoms with Crippen LogP contribution in [0.15, 0.2) is 60.8 Å². The molecule has 0 unspecified atom stereocenters. The highest BCUT2D eigenvalue weighted by Crippen LogP contribution is 2.36. The number of pyridine rings is 3. The van der Waals surface area contributed by atoms with Gasteiger partial charge < -0.3 is 5.32 Å². The number of rotatable bonds is 5. The molecule has 1 saturated heterocycles. The minimum atomic E-state index is -4.61. The molecule has 0 radical (unpaired) electrons. The molecule has 1 aromatic carbocycles. The van der Waals surface area contributed by atoms with Crippen molar-refractivity contribution in [3.8, 4) is 11.4 Å². The molecule has 0 spiro atoms. The quantitative estimate of drug-likeness (QED) is 0.287. The van der Waals surface area contributed by atoms with E-state index < -0.39 is 23.5 Å². The van der Waals surface area contributed by atoms with Crippen molar-refractivity contribution >= 4 is 22.4 Å². The molecule has 37 heavy (non-hydrogen) atoms. The van der Waals surface area contributed by atoms with Gasteiger partial charge in [0.25, 0.3) is 0 Å². The highest BCUT2D eigenvalue weighted by atomic mass is 19.4. The summed E-state index contributed by atoms with van der Waals surface area (Å²) in [6.45, 7) is 2.32. The van der Waals surface area contributed by atoms with Gasteiger partial charge in [0.1, 0.15) is 5.69 Å². The molecule has 4 heterocycles. The smallest absolute Gasteiger partial charge is 0.355 e. The molecule has 11 heteroatoms. The fourth-order valence-corrected chi connectivity index (χ4v) is 4.38. The van der Waals surface area contributed by atoms with Gasteiger partial charge >= 0.3 is 12.4 Å². The molecule has 0 saturated carbocycles. The lowest BCUT2D eigenvalue weighted by Crippen LogP contribution is -2.19. The summed E-state index contributed by atoms with van der Waals surface area (Å²) in [5, 5.41) is 3.64. The predicted octanol–water partition coefficient (Wildman–Crippen LogP) is 7.07. The van der Waals surface area contributed by atoms with Crippen LogP contribution in [0.4, 0.5) is 37.7 Å². The van der Waals surface area contributed by atoms with E-state index >= 15 is 0 Å². The highest BCUT2D eigenvalue weighted by Gasteiger charge is 2.35. The molecule has 1 N–H and O–H groups in total. The van der Waals surface area contributed by atoms with Gasteiger partial charge in [-0.2, -0.15) is 26.3 Å². The van der Waals surface area contributed by atoms with E-state index in [0.717, 1.165) is 44.1 Å². The van der Waals surface area contributed by atoms with Gasteiger partial charge in [0.15, 0.2) is 5.65 Å². The van der Waals surface area contributed by atoms with E-state index in [2.05, 4.69) is 25.2 Å². The number of likely N-dealkylation sites (tertiary alicyclic amines) is 1. The van der Waals surface area contributed by atoms with Crippen LogP contribution in [0.1, 0.15) is 29.7 Å². The van der Waals surface area contributed by atoms with Crippen molar-refractivity contribution in [1.82, 2.24) is 19.9 Å². The molecular weight excluding hydrogens is 496 g/mol. The van der Waals surface area contributed by atoms with Gasteiger partial charge in [-0.25, -0.2) is 9.97 Å². The Morgan fingerprint density at radius 2 is 1.57 bits per heavy atom. The maximum absolute atomic E-state index is 13.6. The molecule has 0 amide bonds. The fourth-order valence-electron chi connectivity index (χ4n) is 4.38. The summed E-state index contributed by atoms with van der Waals surface area (Å²) in [6, 6.07) is 11.6. The molecule has 0 aliphatic carbocycles. The first kappa shape index (κ1) is 24.9. The van der Waals surface area contributed by atoms with Crippen LogP contribution < -0.4 is 5.32 Å². The Balaban J connectivity index is 1.57. The Bertz CT molecular complexity index is 1410. The minimum Gasteiger partial charge on any atom is -0.355 e. The predicted molar refractivity (Wildman–Crippen MR) is 127 cm³/mol. The van der Waals surface area contributed by atoms with Crippen LogP contribution in [0, 0.1) is 0 Å². The zero-order valence-corrected chi connectivity index (χ0v) is 19.4. The SMILES string of the molecule is FC(F)(F)c1ccc(Nc2cc(CN3CCCC3)nc3nc(-c4ncccc4C(F)(F)F)ccc23)cc1. The second-order valence-electron chi connectivity index (χ2n) is 8.81. The Morgan fingerprint density at radius 1 is 0.838 bits per heavy atom. The molecule has 3 aromatic heterocycles. The lowest BCUT2D eigenvalue weighted by Gasteiger charge is -2.17. The van der Waals surface area contributed by atoms with Crippen LogP contribution in [-0.2, 0) is 18.9 Å². The summed E-state index contributed by atoms with van der Waals surface area (Å²) in [6.07, 6.45) is -5.67. The van der Waals surface area contributed by atoms with E-state index in [1.54, 1.807) is 12.1 Å².